The van der Waals surface area contributed by atoms with Crippen molar-refractivity contribution in [1.82, 2.24) is 5.32 Å². The lowest BCUT2D eigenvalue weighted by Crippen LogP contribution is -2.24. The van der Waals surface area contributed by atoms with E-state index in [0.717, 1.165) is 22.0 Å². The molecule has 0 amide bonds. The fraction of sp³-hybridized carbons (Fsp3) is 0.647. The summed E-state index contributed by atoms with van der Waals surface area (Å²) in [5.41, 5.74) is 1.33. The van der Waals surface area contributed by atoms with Crippen LogP contribution in [0.4, 0.5) is 0 Å². The zero-order chi connectivity index (χ0) is 15.0. The van der Waals surface area contributed by atoms with Crippen molar-refractivity contribution in [3.8, 4) is 0 Å². The number of halogens is 2. The molecule has 0 saturated heterocycles. The Balaban J connectivity index is 2.81. The molecule has 0 radical (unpaired) electrons. The predicted octanol–water partition coefficient (Wildman–Crippen LogP) is 6.36. The van der Waals surface area contributed by atoms with Crippen molar-refractivity contribution in [2.45, 2.75) is 58.9 Å². The Bertz CT molecular complexity index is 395. The monoisotopic (exact) mass is 359 g/mol. The van der Waals surface area contributed by atoms with E-state index in [9.17, 15) is 0 Å². The van der Waals surface area contributed by atoms with Gasteiger partial charge < -0.3 is 5.32 Å². The van der Waals surface area contributed by atoms with Crippen molar-refractivity contribution in [2.75, 3.05) is 6.54 Å². The molecule has 0 saturated carbocycles. The van der Waals surface area contributed by atoms with Crippen molar-refractivity contribution >= 4 is 27.5 Å². The number of unbranched alkanes of at least 4 members (excludes halogenated alkanes) is 1. The molecule has 1 aromatic rings. The highest BCUT2D eigenvalue weighted by Gasteiger charge is 2.18. The van der Waals surface area contributed by atoms with Gasteiger partial charge in [0, 0.05) is 15.5 Å². The van der Waals surface area contributed by atoms with Gasteiger partial charge in [0.2, 0.25) is 0 Å². The highest BCUT2D eigenvalue weighted by Crippen LogP contribution is 2.32. The Kier molecular flexibility index (Phi) is 8.83. The van der Waals surface area contributed by atoms with Crippen LogP contribution < -0.4 is 5.32 Å². The molecule has 1 aromatic carbocycles. The SMILES string of the molecule is CCCCC(CC)CC(NCC)c1ccc(Cl)cc1Br. The van der Waals surface area contributed by atoms with Crippen LogP contribution in [0.2, 0.25) is 5.02 Å². The van der Waals surface area contributed by atoms with Crippen LogP contribution in [0.3, 0.4) is 0 Å². The Morgan fingerprint density at radius 3 is 2.55 bits per heavy atom. The second-order valence-corrected chi connectivity index (χ2v) is 6.72. The van der Waals surface area contributed by atoms with E-state index in [-0.39, 0.29) is 0 Å². The average molecular weight is 361 g/mol. The van der Waals surface area contributed by atoms with Crippen LogP contribution in [0.25, 0.3) is 0 Å². The van der Waals surface area contributed by atoms with Crippen LogP contribution in [0.5, 0.6) is 0 Å². The molecule has 3 heteroatoms. The Morgan fingerprint density at radius 2 is 2.00 bits per heavy atom. The number of hydrogen-bond donors (Lipinski definition) is 1. The van der Waals surface area contributed by atoms with Gasteiger partial charge in [0.05, 0.1) is 0 Å². The minimum Gasteiger partial charge on any atom is -0.310 e. The number of nitrogens with one attached hydrogen (secondary N) is 1. The maximum absolute atomic E-state index is 6.05. The number of hydrogen-bond acceptors (Lipinski definition) is 1. The molecule has 2 atom stereocenters. The summed E-state index contributed by atoms with van der Waals surface area (Å²) in [6.07, 6.45) is 6.41. The smallest absolute Gasteiger partial charge is 0.0417 e. The molecule has 114 valence electrons. The summed E-state index contributed by atoms with van der Waals surface area (Å²) in [5, 5.41) is 4.41. The Labute approximate surface area is 137 Å². The normalized spacial score (nSPS) is 14.2. The average Bonchev–Trinajstić information content (AvgIpc) is 2.42. The molecule has 0 aromatic heterocycles. The van der Waals surface area contributed by atoms with E-state index >= 15 is 0 Å². The van der Waals surface area contributed by atoms with Crippen molar-refractivity contribution < 1.29 is 0 Å². The lowest BCUT2D eigenvalue weighted by atomic mass is 9.89. The van der Waals surface area contributed by atoms with Gasteiger partial charge in [-0.05, 0) is 36.6 Å². The van der Waals surface area contributed by atoms with Crippen molar-refractivity contribution in [3.63, 3.8) is 0 Å². The fourth-order valence-corrected chi connectivity index (χ4v) is 3.62. The molecule has 0 bridgehead atoms. The lowest BCUT2D eigenvalue weighted by molar-refractivity contribution is 0.356. The third-order valence-electron chi connectivity index (χ3n) is 3.90. The summed E-state index contributed by atoms with van der Waals surface area (Å²) >= 11 is 9.71. The molecule has 2 unspecified atom stereocenters. The maximum Gasteiger partial charge on any atom is 0.0417 e. The van der Waals surface area contributed by atoms with Gasteiger partial charge in [-0.25, -0.2) is 0 Å². The van der Waals surface area contributed by atoms with Crippen LogP contribution in [0.1, 0.15) is 64.5 Å². The lowest BCUT2D eigenvalue weighted by Gasteiger charge is -2.25. The van der Waals surface area contributed by atoms with E-state index < -0.39 is 0 Å². The minimum atomic E-state index is 0.411. The largest absolute Gasteiger partial charge is 0.310 e. The second-order valence-electron chi connectivity index (χ2n) is 5.43. The van der Waals surface area contributed by atoms with E-state index in [1.807, 2.05) is 12.1 Å². The molecule has 1 N–H and O–H groups in total. The summed E-state index contributed by atoms with van der Waals surface area (Å²) in [4.78, 5) is 0. The topological polar surface area (TPSA) is 12.0 Å². The van der Waals surface area contributed by atoms with Crippen molar-refractivity contribution in [1.29, 1.82) is 0 Å². The van der Waals surface area contributed by atoms with E-state index in [0.29, 0.717) is 6.04 Å². The molecule has 0 fully saturated rings. The van der Waals surface area contributed by atoms with E-state index in [1.54, 1.807) is 0 Å². The van der Waals surface area contributed by atoms with Crippen LogP contribution in [-0.2, 0) is 0 Å². The molecule has 0 spiro atoms. The molecule has 0 aliphatic carbocycles. The maximum atomic E-state index is 6.05. The van der Waals surface area contributed by atoms with Gasteiger partial charge in [-0.3, -0.25) is 0 Å². The second kappa shape index (κ2) is 9.81. The number of benzene rings is 1. The molecule has 1 nitrogen and oxygen atoms in total. The highest BCUT2D eigenvalue weighted by molar-refractivity contribution is 9.10. The first-order chi connectivity index (χ1) is 9.62. The van der Waals surface area contributed by atoms with Crippen LogP contribution in [0.15, 0.2) is 22.7 Å². The molecule has 0 heterocycles. The van der Waals surface area contributed by atoms with Gasteiger partial charge >= 0.3 is 0 Å². The van der Waals surface area contributed by atoms with E-state index in [4.69, 9.17) is 11.6 Å². The quantitative estimate of drug-likeness (QED) is 0.540. The van der Waals surface area contributed by atoms with E-state index in [1.165, 1.54) is 37.7 Å². The molecule has 0 aliphatic rings. The summed E-state index contributed by atoms with van der Waals surface area (Å²) in [5.74, 6) is 0.793. The van der Waals surface area contributed by atoms with Crippen LogP contribution >= 0.6 is 27.5 Å². The zero-order valence-corrected chi connectivity index (χ0v) is 15.2. The van der Waals surface area contributed by atoms with Gasteiger partial charge in [0.1, 0.15) is 0 Å². The Morgan fingerprint density at radius 1 is 1.25 bits per heavy atom. The van der Waals surface area contributed by atoms with Crippen LogP contribution in [0, 0.1) is 5.92 Å². The molecular formula is C17H27BrClN. The van der Waals surface area contributed by atoms with Gasteiger partial charge in [0.25, 0.3) is 0 Å². The summed E-state index contributed by atoms with van der Waals surface area (Å²) in [6.45, 7) is 7.73. The highest BCUT2D eigenvalue weighted by atomic mass is 79.9. The third-order valence-corrected chi connectivity index (χ3v) is 4.82. The van der Waals surface area contributed by atoms with Crippen LogP contribution in [-0.4, -0.2) is 6.54 Å². The first-order valence-corrected chi connectivity index (χ1v) is 8.97. The van der Waals surface area contributed by atoms with Gasteiger partial charge in [0.15, 0.2) is 0 Å². The third kappa shape index (κ3) is 5.75. The van der Waals surface area contributed by atoms with Gasteiger partial charge in [-0.15, -0.1) is 0 Å². The standard InChI is InChI=1S/C17H27BrClN/c1-4-7-8-13(5-2)11-17(20-6-3)15-10-9-14(19)12-16(15)18/h9-10,12-13,17,20H,4-8,11H2,1-3H3. The van der Waals surface area contributed by atoms with Gasteiger partial charge in [-0.2, -0.15) is 0 Å². The molecular weight excluding hydrogens is 334 g/mol. The summed E-state index contributed by atoms with van der Waals surface area (Å²) < 4.78 is 1.11. The molecule has 1 rings (SSSR count). The van der Waals surface area contributed by atoms with Crippen molar-refractivity contribution in [2.24, 2.45) is 5.92 Å². The van der Waals surface area contributed by atoms with E-state index in [2.05, 4.69) is 48.1 Å². The first-order valence-electron chi connectivity index (χ1n) is 7.80. The van der Waals surface area contributed by atoms with Gasteiger partial charge in [-0.1, -0.05) is 80.1 Å². The minimum absolute atomic E-state index is 0.411. The first kappa shape index (κ1) is 18.0. The summed E-state index contributed by atoms with van der Waals surface area (Å²) in [6, 6.07) is 6.54. The predicted molar refractivity (Wildman–Crippen MR) is 93.5 cm³/mol. The molecule has 20 heavy (non-hydrogen) atoms. The van der Waals surface area contributed by atoms with Crippen molar-refractivity contribution in [3.05, 3.63) is 33.3 Å². The fourth-order valence-electron chi connectivity index (χ4n) is 2.67. The molecule has 0 aliphatic heterocycles. The number of rotatable bonds is 9. The summed E-state index contributed by atoms with van der Waals surface area (Å²) in [7, 11) is 0. The Hall–Kier alpha value is -0.0500. The zero-order valence-electron chi connectivity index (χ0n) is 12.9.